The molecule has 172 valence electrons. The van der Waals surface area contributed by atoms with Crippen molar-refractivity contribution in [2.45, 2.75) is 45.5 Å². The molecule has 32 heavy (non-hydrogen) atoms. The fraction of sp³-hybridized carbons (Fsp3) is 0.391. The minimum Gasteiger partial charge on any atom is -0.457 e. The maximum Gasteiger partial charge on any atom is 0.419 e. The van der Waals surface area contributed by atoms with Crippen LogP contribution in [-0.2, 0) is 23.9 Å². The minimum atomic E-state index is -4.76. The molecule has 0 aliphatic carbocycles. The van der Waals surface area contributed by atoms with E-state index in [1.54, 1.807) is 23.4 Å². The fourth-order valence-corrected chi connectivity index (χ4v) is 3.32. The smallest absolute Gasteiger partial charge is 0.419 e. The average molecular weight is 451 g/mol. The molecule has 0 bridgehead atoms. The van der Waals surface area contributed by atoms with Crippen LogP contribution in [-0.4, -0.2) is 36.3 Å². The first kappa shape index (κ1) is 23.6. The summed E-state index contributed by atoms with van der Waals surface area (Å²) < 4.78 is 57.5. The molecule has 9 heteroatoms. The molecule has 2 aromatic carbocycles. The van der Waals surface area contributed by atoms with Crippen molar-refractivity contribution >= 4 is 12.2 Å². The van der Waals surface area contributed by atoms with E-state index in [1.807, 2.05) is 19.9 Å². The summed E-state index contributed by atoms with van der Waals surface area (Å²) in [6.07, 6.45) is -2.17. The number of carbonyl (C=O) groups excluding carboxylic acids is 1. The number of halogens is 4. The van der Waals surface area contributed by atoms with Crippen LogP contribution in [0.1, 0.15) is 37.0 Å². The van der Waals surface area contributed by atoms with Gasteiger partial charge in [-0.3, -0.25) is 9.79 Å². The number of ether oxygens (including phenoxy) is 1. The maximum atomic E-state index is 13.8. The largest absolute Gasteiger partial charge is 0.457 e. The van der Waals surface area contributed by atoms with E-state index >= 15 is 0 Å². The molecule has 1 heterocycles. The molecule has 0 fully saturated rings. The number of alkyl halides is 3. The molecule has 0 saturated heterocycles. The molecule has 1 aliphatic rings. The van der Waals surface area contributed by atoms with Crippen molar-refractivity contribution in [3.8, 4) is 11.5 Å². The molecule has 1 aliphatic heterocycles. The standard InChI is InChI=1S/C23H25F4N3O2/c1-15(2)29-14-28-9-7-22(31)30-10-8-16-3-4-18(11-17(16)13-30)32-19-5-6-20(21(24)12-19)23(25,26)27/h3-6,11-12,14-15H,7-10,13H2,1-2H3,(H,28,29). The van der Waals surface area contributed by atoms with Gasteiger partial charge in [0.25, 0.3) is 0 Å². The van der Waals surface area contributed by atoms with Crippen LogP contribution < -0.4 is 10.1 Å². The summed E-state index contributed by atoms with van der Waals surface area (Å²) in [5, 5.41) is 3.04. The van der Waals surface area contributed by atoms with E-state index in [-0.39, 0.29) is 17.7 Å². The molecule has 0 saturated carbocycles. The van der Waals surface area contributed by atoms with Gasteiger partial charge in [-0.1, -0.05) is 6.07 Å². The van der Waals surface area contributed by atoms with Gasteiger partial charge >= 0.3 is 6.18 Å². The van der Waals surface area contributed by atoms with Gasteiger partial charge in [0.15, 0.2) is 0 Å². The quantitative estimate of drug-likeness (QED) is 0.369. The highest BCUT2D eigenvalue weighted by atomic mass is 19.4. The minimum absolute atomic E-state index is 0.00604. The lowest BCUT2D eigenvalue weighted by atomic mass is 9.99. The van der Waals surface area contributed by atoms with Crippen molar-refractivity contribution < 1.29 is 27.1 Å². The number of nitrogens with one attached hydrogen (secondary N) is 1. The third-order valence-electron chi connectivity index (χ3n) is 4.98. The van der Waals surface area contributed by atoms with E-state index in [4.69, 9.17) is 4.74 Å². The zero-order chi connectivity index (χ0) is 23.3. The summed E-state index contributed by atoms with van der Waals surface area (Å²) in [5.74, 6) is -1.07. The number of fused-ring (bicyclic) bond motifs is 1. The summed E-state index contributed by atoms with van der Waals surface area (Å²) in [5.41, 5.74) is 0.618. The topological polar surface area (TPSA) is 53.9 Å². The lowest BCUT2D eigenvalue weighted by molar-refractivity contribution is -0.140. The highest BCUT2D eigenvalue weighted by Crippen LogP contribution is 2.34. The van der Waals surface area contributed by atoms with E-state index < -0.39 is 17.6 Å². The second-order valence-corrected chi connectivity index (χ2v) is 7.84. The summed E-state index contributed by atoms with van der Waals surface area (Å²) in [4.78, 5) is 18.4. The van der Waals surface area contributed by atoms with Crippen LogP contribution in [0.4, 0.5) is 17.6 Å². The van der Waals surface area contributed by atoms with Gasteiger partial charge in [-0.25, -0.2) is 4.39 Å². The molecule has 1 N–H and O–H groups in total. The SMILES string of the molecule is CC(C)NC=NCCC(=O)N1CCc2ccc(Oc3ccc(C(F)(F)F)c(F)c3)cc2C1. The van der Waals surface area contributed by atoms with E-state index in [1.165, 1.54) is 0 Å². The molecule has 1 amide bonds. The van der Waals surface area contributed by atoms with Crippen molar-refractivity contribution in [1.82, 2.24) is 10.2 Å². The molecule has 0 radical (unpaired) electrons. The normalized spacial score (nSPS) is 14.0. The van der Waals surface area contributed by atoms with Gasteiger partial charge in [0.05, 0.1) is 11.9 Å². The van der Waals surface area contributed by atoms with Gasteiger partial charge in [0, 0.05) is 38.2 Å². The van der Waals surface area contributed by atoms with E-state index in [2.05, 4.69) is 10.3 Å². The second kappa shape index (κ2) is 10.0. The molecule has 3 rings (SSSR count). The van der Waals surface area contributed by atoms with Gasteiger partial charge in [-0.05, 0) is 55.7 Å². The molecule has 2 aromatic rings. The third-order valence-corrected chi connectivity index (χ3v) is 4.98. The van der Waals surface area contributed by atoms with Crippen molar-refractivity contribution in [1.29, 1.82) is 0 Å². The highest BCUT2D eigenvalue weighted by Gasteiger charge is 2.34. The summed E-state index contributed by atoms with van der Waals surface area (Å²) in [6, 6.07) is 8.00. The van der Waals surface area contributed by atoms with Crippen molar-refractivity contribution in [3.05, 3.63) is 58.9 Å². The van der Waals surface area contributed by atoms with Crippen molar-refractivity contribution in [2.75, 3.05) is 13.1 Å². The van der Waals surface area contributed by atoms with Crippen LogP contribution in [0, 0.1) is 5.82 Å². The number of nitrogens with zero attached hydrogens (tertiary/aromatic N) is 2. The molecule has 0 unspecified atom stereocenters. The van der Waals surface area contributed by atoms with Crippen LogP contribution in [0.5, 0.6) is 11.5 Å². The Hall–Kier alpha value is -3.10. The Morgan fingerprint density at radius 3 is 2.59 bits per heavy atom. The van der Waals surface area contributed by atoms with E-state index in [9.17, 15) is 22.4 Å². The molecule has 5 nitrogen and oxygen atoms in total. The highest BCUT2D eigenvalue weighted by molar-refractivity contribution is 5.77. The van der Waals surface area contributed by atoms with Gasteiger partial charge in [-0.15, -0.1) is 0 Å². The Kier molecular flexibility index (Phi) is 7.37. The van der Waals surface area contributed by atoms with Crippen LogP contribution in [0.2, 0.25) is 0 Å². The Morgan fingerprint density at radius 1 is 1.19 bits per heavy atom. The summed E-state index contributed by atoms with van der Waals surface area (Å²) in [6.45, 7) is 5.39. The molecule has 0 spiro atoms. The zero-order valence-electron chi connectivity index (χ0n) is 17.9. The Bertz CT molecular complexity index is 990. The van der Waals surface area contributed by atoms with Crippen molar-refractivity contribution in [3.63, 3.8) is 0 Å². The third kappa shape index (κ3) is 6.21. The van der Waals surface area contributed by atoms with Gasteiger partial charge in [-0.2, -0.15) is 13.2 Å². The molecular formula is C23H25F4N3O2. The van der Waals surface area contributed by atoms with E-state index in [0.717, 1.165) is 17.2 Å². The van der Waals surface area contributed by atoms with Gasteiger partial charge in [0.2, 0.25) is 5.91 Å². The van der Waals surface area contributed by atoms with Crippen LogP contribution in [0.25, 0.3) is 0 Å². The Morgan fingerprint density at radius 2 is 1.91 bits per heavy atom. The second-order valence-electron chi connectivity index (χ2n) is 7.84. The number of amides is 1. The first-order valence-electron chi connectivity index (χ1n) is 10.3. The number of aliphatic imine (C=N–C) groups is 1. The average Bonchev–Trinajstić information content (AvgIpc) is 2.71. The maximum absolute atomic E-state index is 13.8. The Balaban J connectivity index is 1.63. The lowest BCUT2D eigenvalue weighted by Gasteiger charge is -2.29. The van der Waals surface area contributed by atoms with Gasteiger partial charge in [0.1, 0.15) is 17.3 Å². The fourth-order valence-electron chi connectivity index (χ4n) is 3.32. The number of carbonyl (C=O) groups is 1. The molecule has 0 atom stereocenters. The number of hydrogen-bond donors (Lipinski definition) is 1. The van der Waals surface area contributed by atoms with Crippen molar-refractivity contribution in [2.24, 2.45) is 4.99 Å². The number of rotatable bonds is 7. The van der Waals surface area contributed by atoms with Gasteiger partial charge < -0.3 is 15.0 Å². The molecule has 0 aromatic heterocycles. The van der Waals surface area contributed by atoms with E-state index in [0.29, 0.717) is 50.4 Å². The molecular weight excluding hydrogens is 426 g/mol. The predicted octanol–water partition coefficient (Wildman–Crippen LogP) is 4.94. The summed E-state index contributed by atoms with van der Waals surface area (Å²) >= 11 is 0. The number of hydrogen-bond acceptors (Lipinski definition) is 3. The Labute approximate surface area is 184 Å². The number of benzene rings is 2. The van der Waals surface area contributed by atoms with Crippen LogP contribution in [0.3, 0.4) is 0 Å². The van der Waals surface area contributed by atoms with Crippen LogP contribution in [0.15, 0.2) is 41.4 Å². The zero-order valence-corrected chi connectivity index (χ0v) is 17.9. The first-order chi connectivity index (χ1) is 15.1. The first-order valence-corrected chi connectivity index (χ1v) is 10.3. The predicted molar refractivity (Wildman–Crippen MR) is 113 cm³/mol. The summed E-state index contributed by atoms with van der Waals surface area (Å²) in [7, 11) is 0. The van der Waals surface area contributed by atoms with Crippen LogP contribution >= 0.6 is 0 Å². The monoisotopic (exact) mass is 451 g/mol. The lowest BCUT2D eigenvalue weighted by Crippen LogP contribution is -2.36.